The Hall–Kier alpha value is -1.45. The van der Waals surface area contributed by atoms with Crippen LogP contribution in [0.25, 0.3) is 0 Å². The molecule has 0 rings (SSSR count). The van der Waals surface area contributed by atoms with E-state index in [-0.39, 0.29) is 5.95 Å². The zero-order valence-electron chi connectivity index (χ0n) is 5.59. The quantitative estimate of drug-likeness (QED) is 0.466. The standard InChI is InChI=1S/C6H8O4/c1-4(6(7)8)10-5(2)9-3/h1-2H2,3H3,(H,7,8). The van der Waals surface area contributed by atoms with Gasteiger partial charge in [-0.1, -0.05) is 0 Å². The number of rotatable bonds is 4. The summed E-state index contributed by atoms with van der Waals surface area (Å²) in [6, 6.07) is 0. The molecule has 0 aromatic carbocycles. The van der Waals surface area contributed by atoms with Crippen molar-refractivity contribution in [2.24, 2.45) is 0 Å². The van der Waals surface area contributed by atoms with E-state index in [0.29, 0.717) is 0 Å². The summed E-state index contributed by atoms with van der Waals surface area (Å²) >= 11 is 0. The Balaban J connectivity index is 3.80. The fourth-order valence-electron chi connectivity index (χ4n) is 0.223. The van der Waals surface area contributed by atoms with E-state index in [1.165, 1.54) is 7.11 Å². The first-order valence-corrected chi connectivity index (χ1v) is 2.41. The van der Waals surface area contributed by atoms with Gasteiger partial charge in [0, 0.05) is 0 Å². The Morgan fingerprint density at radius 1 is 1.50 bits per heavy atom. The highest BCUT2D eigenvalue weighted by atomic mass is 16.7. The number of methoxy groups -OCH3 is 1. The molecule has 0 fully saturated rings. The molecule has 0 atom stereocenters. The topological polar surface area (TPSA) is 55.8 Å². The monoisotopic (exact) mass is 144 g/mol. The lowest BCUT2D eigenvalue weighted by atomic mass is 10.6. The van der Waals surface area contributed by atoms with Gasteiger partial charge in [-0.2, -0.15) is 0 Å². The molecule has 4 heteroatoms. The Bertz CT molecular complexity index is 171. The van der Waals surface area contributed by atoms with E-state index in [0.717, 1.165) is 0 Å². The third kappa shape index (κ3) is 2.76. The van der Waals surface area contributed by atoms with Crippen LogP contribution in [0.4, 0.5) is 0 Å². The van der Waals surface area contributed by atoms with Crippen molar-refractivity contribution in [3.8, 4) is 0 Å². The van der Waals surface area contributed by atoms with Crippen LogP contribution in [0.3, 0.4) is 0 Å². The van der Waals surface area contributed by atoms with E-state index in [4.69, 9.17) is 5.11 Å². The van der Waals surface area contributed by atoms with Gasteiger partial charge in [-0.15, -0.1) is 0 Å². The molecule has 0 heterocycles. The van der Waals surface area contributed by atoms with Gasteiger partial charge >= 0.3 is 5.97 Å². The molecule has 0 aromatic rings. The molecule has 1 N–H and O–H groups in total. The zero-order valence-corrected chi connectivity index (χ0v) is 5.59. The van der Waals surface area contributed by atoms with E-state index in [9.17, 15) is 4.79 Å². The number of hydrogen-bond donors (Lipinski definition) is 1. The normalized spacial score (nSPS) is 8.10. The van der Waals surface area contributed by atoms with Crippen molar-refractivity contribution in [3.05, 3.63) is 24.9 Å². The molecule has 0 aliphatic rings. The molecule has 0 aliphatic carbocycles. The Kier molecular flexibility index (Phi) is 3.04. The molecule has 56 valence electrons. The molecule has 0 radical (unpaired) electrons. The van der Waals surface area contributed by atoms with E-state index in [2.05, 4.69) is 22.6 Å². The molecule has 0 aliphatic heterocycles. The Labute approximate surface area is 58.4 Å². The van der Waals surface area contributed by atoms with E-state index in [1.54, 1.807) is 0 Å². The van der Waals surface area contributed by atoms with Crippen LogP contribution < -0.4 is 0 Å². The van der Waals surface area contributed by atoms with Gasteiger partial charge in [0.05, 0.1) is 7.11 Å². The molecule has 10 heavy (non-hydrogen) atoms. The number of carboxylic acid groups (broad SMARTS) is 1. The minimum absolute atomic E-state index is 0.0904. The molecule has 0 aromatic heterocycles. The molecule has 0 amide bonds. The van der Waals surface area contributed by atoms with Gasteiger partial charge in [0.25, 0.3) is 5.95 Å². The van der Waals surface area contributed by atoms with Crippen molar-refractivity contribution < 1.29 is 19.4 Å². The van der Waals surface area contributed by atoms with Gasteiger partial charge in [0.15, 0.2) is 0 Å². The van der Waals surface area contributed by atoms with Crippen molar-refractivity contribution in [1.82, 2.24) is 0 Å². The van der Waals surface area contributed by atoms with Crippen LogP contribution in [0.15, 0.2) is 24.9 Å². The largest absolute Gasteiger partial charge is 0.475 e. The SMILES string of the molecule is C=C(OC)OC(=C)C(=O)O. The van der Waals surface area contributed by atoms with Crippen LogP contribution >= 0.6 is 0 Å². The van der Waals surface area contributed by atoms with Gasteiger partial charge in [-0.05, 0) is 13.2 Å². The minimum atomic E-state index is -1.24. The van der Waals surface area contributed by atoms with E-state index < -0.39 is 11.7 Å². The number of hydrogen-bond acceptors (Lipinski definition) is 3. The van der Waals surface area contributed by atoms with Gasteiger partial charge in [-0.3, -0.25) is 0 Å². The predicted octanol–water partition coefficient (Wildman–Crippen LogP) is 0.719. The van der Waals surface area contributed by atoms with Crippen LogP contribution in [0.5, 0.6) is 0 Å². The third-order valence-electron chi connectivity index (χ3n) is 0.703. The van der Waals surface area contributed by atoms with Gasteiger partial charge in [-0.25, -0.2) is 4.79 Å². The highest BCUT2D eigenvalue weighted by molar-refractivity contribution is 5.83. The highest BCUT2D eigenvalue weighted by Gasteiger charge is 2.05. The molecule has 0 saturated carbocycles. The van der Waals surface area contributed by atoms with Crippen molar-refractivity contribution in [2.75, 3.05) is 7.11 Å². The first-order valence-electron chi connectivity index (χ1n) is 2.41. The van der Waals surface area contributed by atoms with Crippen LogP contribution in [0, 0.1) is 0 Å². The first kappa shape index (κ1) is 8.55. The number of aliphatic carboxylic acids is 1. The highest BCUT2D eigenvalue weighted by Crippen LogP contribution is 2.01. The summed E-state index contributed by atoms with van der Waals surface area (Å²) in [7, 11) is 1.32. The predicted molar refractivity (Wildman–Crippen MR) is 34.0 cm³/mol. The lowest BCUT2D eigenvalue weighted by molar-refractivity contribution is -0.136. The average molecular weight is 144 g/mol. The maximum Gasteiger partial charge on any atom is 0.371 e. The Morgan fingerprint density at radius 2 is 2.00 bits per heavy atom. The van der Waals surface area contributed by atoms with E-state index in [1.807, 2.05) is 0 Å². The van der Waals surface area contributed by atoms with Crippen molar-refractivity contribution in [3.63, 3.8) is 0 Å². The van der Waals surface area contributed by atoms with Crippen LogP contribution in [0.2, 0.25) is 0 Å². The number of carbonyl (C=O) groups is 1. The molecular formula is C6H8O4. The number of ether oxygens (including phenoxy) is 2. The van der Waals surface area contributed by atoms with E-state index >= 15 is 0 Å². The maximum absolute atomic E-state index is 10.0. The lowest BCUT2D eigenvalue weighted by Gasteiger charge is -2.04. The summed E-state index contributed by atoms with van der Waals surface area (Å²) in [5.74, 6) is -1.74. The molecule has 0 bridgehead atoms. The second kappa shape index (κ2) is 3.55. The minimum Gasteiger partial charge on any atom is -0.475 e. The summed E-state index contributed by atoms with van der Waals surface area (Å²) in [6.45, 7) is 6.31. The Morgan fingerprint density at radius 3 is 2.30 bits per heavy atom. The molecule has 4 nitrogen and oxygen atoms in total. The maximum atomic E-state index is 10.0. The van der Waals surface area contributed by atoms with Crippen molar-refractivity contribution in [2.45, 2.75) is 0 Å². The summed E-state index contributed by atoms with van der Waals surface area (Å²) < 4.78 is 8.88. The first-order chi connectivity index (χ1) is 4.57. The second-order valence-corrected chi connectivity index (χ2v) is 1.41. The summed E-state index contributed by atoms with van der Waals surface area (Å²) in [5.41, 5.74) is 0. The lowest BCUT2D eigenvalue weighted by Crippen LogP contribution is -2.03. The van der Waals surface area contributed by atoms with Crippen molar-refractivity contribution >= 4 is 5.97 Å². The fourth-order valence-corrected chi connectivity index (χ4v) is 0.223. The second-order valence-electron chi connectivity index (χ2n) is 1.41. The smallest absolute Gasteiger partial charge is 0.371 e. The van der Waals surface area contributed by atoms with Crippen LogP contribution in [-0.4, -0.2) is 18.2 Å². The van der Waals surface area contributed by atoms with Crippen molar-refractivity contribution in [1.29, 1.82) is 0 Å². The fraction of sp³-hybridized carbons (Fsp3) is 0.167. The van der Waals surface area contributed by atoms with Gasteiger partial charge in [0.2, 0.25) is 5.76 Å². The molecule has 0 spiro atoms. The summed E-state index contributed by atoms with van der Waals surface area (Å²) in [4.78, 5) is 10.0. The molecular weight excluding hydrogens is 136 g/mol. The van der Waals surface area contributed by atoms with Crippen LogP contribution in [0.1, 0.15) is 0 Å². The number of carboxylic acids is 1. The molecule has 0 unspecified atom stereocenters. The summed E-state index contributed by atoms with van der Waals surface area (Å²) in [5, 5.41) is 8.21. The molecule has 0 saturated heterocycles. The summed E-state index contributed by atoms with van der Waals surface area (Å²) in [6.07, 6.45) is 0. The third-order valence-corrected chi connectivity index (χ3v) is 0.703. The van der Waals surface area contributed by atoms with Crippen LogP contribution in [-0.2, 0) is 14.3 Å². The van der Waals surface area contributed by atoms with Gasteiger partial charge in [0.1, 0.15) is 0 Å². The zero-order chi connectivity index (χ0) is 8.15. The van der Waals surface area contributed by atoms with Gasteiger partial charge < -0.3 is 14.6 Å². The average Bonchev–Trinajstić information content (AvgIpc) is 1.87.